The van der Waals surface area contributed by atoms with Crippen LogP contribution in [0.1, 0.15) is 67.5 Å². The van der Waals surface area contributed by atoms with Crippen LogP contribution < -0.4 is 5.32 Å². The molecule has 1 aliphatic rings. The maximum absolute atomic E-state index is 12.6. The quantitative estimate of drug-likeness (QED) is 0.206. The van der Waals surface area contributed by atoms with Crippen molar-refractivity contribution in [2.75, 3.05) is 18.5 Å². The van der Waals surface area contributed by atoms with E-state index in [1.807, 2.05) is 0 Å². The number of esters is 1. The smallest absolute Gasteiger partial charge is 0.344 e. The Morgan fingerprint density at radius 1 is 1.18 bits per heavy atom. The van der Waals surface area contributed by atoms with Crippen molar-refractivity contribution in [2.45, 2.75) is 27.2 Å². The normalized spacial score (nSPS) is 12.5. The first-order valence-electron chi connectivity index (χ1n) is 9.83. The van der Waals surface area contributed by atoms with Crippen molar-refractivity contribution in [2.24, 2.45) is 0 Å². The number of nitro benzene ring substituents is 1. The maximum atomic E-state index is 12.6. The largest absolute Gasteiger partial charge is 0.462 e. The molecule has 0 spiro atoms. The number of nitro groups is 1. The fourth-order valence-electron chi connectivity index (χ4n) is 3.53. The average Bonchev–Trinajstić information content (AvgIpc) is 3.20. The van der Waals surface area contributed by atoms with Crippen LogP contribution >= 0.6 is 0 Å². The summed E-state index contributed by atoms with van der Waals surface area (Å²) in [5.74, 6) is -3.88. The van der Waals surface area contributed by atoms with Gasteiger partial charge in [-0.3, -0.25) is 39.5 Å². The molecule has 0 fully saturated rings. The number of hydrogen-bond acceptors (Lipinski definition) is 9. The summed E-state index contributed by atoms with van der Waals surface area (Å²) in [7, 11) is 0. The lowest BCUT2D eigenvalue weighted by Crippen LogP contribution is -2.33. The van der Waals surface area contributed by atoms with Gasteiger partial charge in [-0.2, -0.15) is 0 Å². The molecular formula is C21H19N3O9. The van der Waals surface area contributed by atoms with Crippen molar-refractivity contribution in [3.05, 3.63) is 56.3 Å². The van der Waals surface area contributed by atoms with Crippen LogP contribution in [0.25, 0.3) is 0 Å². The Morgan fingerprint density at radius 3 is 2.48 bits per heavy atom. The van der Waals surface area contributed by atoms with Crippen molar-refractivity contribution in [1.29, 1.82) is 0 Å². The monoisotopic (exact) mass is 457 g/mol. The lowest BCUT2D eigenvalue weighted by Gasteiger charge is -2.13. The van der Waals surface area contributed by atoms with Gasteiger partial charge in [0.05, 0.1) is 22.7 Å². The van der Waals surface area contributed by atoms with E-state index < -0.39 is 46.5 Å². The number of amides is 3. The third-order valence-electron chi connectivity index (χ3n) is 4.91. The minimum absolute atomic E-state index is 0.0275. The van der Waals surface area contributed by atoms with E-state index in [2.05, 4.69) is 5.32 Å². The number of ether oxygens (including phenoxy) is 1. The molecule has 3 rings (SSSR count). The summed E-state index contributed by atoms with van der Waals surface area (Å²) < 4.78 is 10.3. The summed E-state index contributed by atoms with van der Waals surface area (Å²) in [5.41, 5.74) is -1.21. The second-order valence-electron chi connectivity index (χ2n) is 7.03. The first-order valence-corrected chi connectivity index (χ1v) is 9.83. The Morgan fingerprint density at radius 2 is 1.88 bits per heavy atom. The number of carbonyl (C=O) groups is 5. The number of Topliss-reactive ketones (excluding diaryl/α,β-unsaturated/α-hetero) is 1. The average molecular weight is 457 g/mol. The van der Waals surface area contributed by atoms with E-state index in [1.165, 1.54) is 26.0 Å². The van der Waals surface area contributed by atoms with Crippen molar-refractivity contribution in [3.63, 3.8) is 0 Å². The van der Waals surface area contributed by atoms with Gasteiger partial charge in [0.25, 0.3) is 17.5 Å². The Bertz CT molecular complexity index is 1210. The lowest BCUT2D eigenvalue weighted by molar-refractivity contribution is -0.385. The minimum Gasteiger partial charge on any atom is -0.462 e. The van der Waals surface area contributed by atoms with Crippen LogP contribution in [-0.2, 0) is 9.53 Å². The minimum atomic E-state index is -0.880. The lowest BCUT2D eigenvalue weighted by atomic mass is 10.1. The molecule has 172 valence electrons. The Hall–Kier alpha value is -4.35. The highest BCUT2D eigenvalue weighted by Crippen LogP contribution is 2.31. The number of nitrogens with one attached hydrogen (secondary N) is 1. The highest BCUT2D eigenvalue weighted by Gasteiger charge is 2.41. The molecule has 0 atom stereocenters. The van der Waals surface area contributed by atoms with Gasteiger partial charge >= 0.3 is 5.97 Å². The van der Waals surface area contributed by atoms with E-state index in [9.17, 15) is 34.1 Å². The molecule has 3 amide bonds. The second-order valence-corrected chi connectivity index (χ2v) is 7.03. The first-order chi connectivity index (χ1) is 15.6. The van der Waals surface area contributed by atoms with Crippen molar-refractivity contribution in [1.82, 2.24) is 4.90 Å². The fourth-order valence-corrected chi connectivity index (χ4v) is 3.53. The zero-order valence-electron chi connectivity index (χ0n) is 17.9. The Balaban J connectivity index is 1.77. The summed E-state index contributed by atoms with van der Waals surface area (Å²) >= 11 is 0. The van der Waals surface area contributed by atoms with Gasteiger partial charge in [0.2, 0.25) is 11.8 Å². The number of furan rings is 1. The molecule has 33 heavy (non-hydrogen) atoms. The van der Waals surface area contributed by atoms with Crippen LogP contribution in [0.15, 0.2) is 22.6 Å². The standard InChI is InChI=1S/C21H19N3O9/c1-4-32-21(29)17-15(10(2)25)11(3)33-18(17)22-14(26)8-9-23-19(27)12-6-5-7-13(24(30)31)16(12)20(23)28/h5-7H,4,8-9H2,1-3H3,(H,22,26). The molecule has 1 aromatic heterocycles. The number of anilines is 1. The van der Waals surface area contributed by atoms with Crippen LogP contribution in [0.2, 0.25) is 0 Å². The molecule has 0 saturated carbocycles. The zero-order chi connectivity index (χ0) is 24.4. The predicted octanol–water partition coefficient (Wildman–Crippen LogP) is 2.50. The molecule has 2 heterocycles. The third-order valence-corrected chi connectivity index (χ3v) is 4.91. The molecule has 0 radical (unpaired) electrons. The van der Waals surface area contributed by atoms with Gasteiger partial charge < -0.3 is 9.15 Å². The molecular weight excluding hydrogens is 438 g/mol. The van der Waals surface area contributed by atoms with Gasteiger partial charge in [-0.15, -0.1) is 0 Å². The van der Waals surface area contributed by atoms with Gasteiger partial charge in [0.1, 0.15) is 16.9 Å². The van der Waals surface area contributed by atoms with Crippen molar-refractivity contribution < 1.29 is 38.1 Å². The molecule has 1 aliphatic heterocycles. The number of imide groups is 1. The first kappa shape index (κ1) is 23.3. The highest BCUT2D eigenvalue weighted by molar-refractivity contribution is 6.23. The molecule has 0 unspecified atom stereocenters. The maximum Gasteiger partial charge on any atom is 0.344 e. The van der Waals surface area contributed by atoms with Gasteiger partial charge in [-0.25, -0.2) is 4.79 Å². The summed E-state index contributed by atoms with van der Waals surface area (Å²) in [4.78, 5) is 73.0. The molecule has 0 bridgehead atoms. The fraction of sp³-hybridized carbons (Fsp3) is 0.286. The molecule has 0 aliphatic carbocycles. The number of hydrogen-bond donors (Lipinski definition) is 1. The van der Waals surface area contributed by atoms with Gasteiger partial charge in [-0.1, -0.05) is 6.07 Å². The van der Waals surface area contributed by atoms with Crippen molar-refractivity contribution >= 4 is 41.0 Å². The zero-order valence-corrected chi connectivity index (χ0v) is 17.9. The van der Waals surface area contributed by atoms with E-state index in [4.69, 9.17) is 9.15 Å². The van der Waals surface area contributed by atoms with E-state index >= 15 is 0 Å². The van der Waals surface area contributed by atoms with Crippen LogP contribution in [0.5, 0.6) is 0 Å². The van der Waals surface area contributed by atoms with Gasteiger partial charge in [-0.05, 0) is 26.8 Å². The number of nitrogens with zero attached hydrogens (tertiary/aromatic N) is 2. The molecule has 1 N–H and O–H groups in total. The van der Waals surface area contributed by atoms with Crippen LogP contribution in [0.4, 0.5) is 11.6 Å². The molecule has 2 aromatic rings. The summed E-state index contributed by atoms with van der Waals surface area (Å²) in [6.07, 6.45) is -0.392. The third kappa shape index (κ3) is 4.22. The van der Waals surface area contributed by atoms with Gasteiger partial charge in [0.15, 0.2) is 5.78 Å². The number of benzene rings is 1. The number of ketones is 1. The summed E-state index contributed by atoms with van der Waals surface area (Å²) in [6.45, 7) is 3.90. The van der Waals surface area contributed by atoms with Crippen LogP contribution in [0, 0.1) is 17.0 Å². The molecule has 12 nitrogen and oxygen atoms in total. The molecule has 1 aromatic carbocycles. The number of carbonyl (C=O) groups excluding carboxylic acids is 5. The topological polar surface area (TPSA) is 166 Å². The summed E-state index contributed by atoms with van der Waals surface area (Å²) in [5, 5.41) is 13.5. The SMILES string of the molecule is CCOC(=O)c1c(NC(=O)CCN2C(=O)c3cccc([N+](=O)[O-])c3C2=O)oc(C)c1C(C)=O. The second kappa shape index (κ2) is 9.02. The Kier molecular flexibility index (Phi) is 6.38. The number of rotatable bonds is 8. The van der Waals surface area contributed by atoms with E-state index in [0.29, 0.717) is 0 Å². The highest BCUT2D eigenvalue weighted by atomic mass is 16.6. The van der Waals surface area contributed by atoms with Crippen LogP contribution in [-0.4, -0.2) is 52.4 Å². The van der Waals surface area contributed by atoms with E-state index in [1.54, 1.807) is 6.92 Å². The predicted molar refractivity (Wildman–Crippen MR) is 111 cm³/mol. The van der Waals surface area contributed by atoms with Gasteiger partial charge in [0, 0.05) is 19.0 Å². The van der Waals surface area contributed by atoms with E-state index in [0.717, 1.165) is 11.0 Å². The number of fused-ring (bicyclic) bond motifs is 1. The van der Waals surface area contributed by atoms with Crippen LogP contribution in [0.3, 0.4) is 0 Å². The molecule has 0 saturated heterocycles. The Labute approximate surface area is 186 Å². The van der Waals surface area contributed by atoms with E-state index in [-0.39, 0.29) is 47.0 Å². The summed E-state index contributed by atoms with van der Waals surface area (Å²) in [6, 6.07) is 3.70. The molecule has 12 heteroatoms. The number of aryl methyl sites for hydroxylation is 1. The van der Waals surface area contributed by atoms with Crippen molar-refractivity contribution in [3.8, 4) is 0 Å².